The maximum Gasteiger partial charge on any atom is 0.325 e. The number of rotatable bonds is 3. The summed E-state index contributed by atoms with van der Waals surface area (Å²) in [5.74, 6) is -0.123. The lowest BCUT2D eigenvalue weighted by Crippen LogP contribution is -2.50. The number of carboxylic acids is 1. The molecule has 1 fully saturated rings. The number of nitrogens with zero attached hydrogens (tertiary/aromatic N) is 4. The van der Waals surface area contributed by atoms with Crippen LogP contribution in [-0.2, 0) is 18.4 Å². The Hall–Kier alpha value is -1.47. The Morgan fingerprint density at radius 3 is 3.00 bits per heavy atom. The first-order valence-corrected chi connectivity index (χ1v) is 5.09. The molecule has 1 unspecified atom stereocenters. The zero-order valence-electron chi connectivity index (χ0n) is 9.13. The van der Waals surface area contributed by atoms with E-state index in [0.29, 0.717) is 26.1 Å². The first kappa shape index (κ1) is 11.0. The number of aliphatic carboxylic acids is 1. The Balaban J connectivity index is 2.00. The fraction of sp³-hybridized carbons (Fsp3) is 0.667. The third-order valence-corrected chi connectivity index (χ3v) is 2.98. The molecule has 0 bridgehead atoms. The van der Waals surface area contributed by atoms with Crippen LogP contribution >= 0.6 is 0 Å². The zero-order valence-corrected chi connectivity index (χ0v) is 9.13. The van der Waals surface area contributed by atoms with E-state index in [9.17, 15) is 4.79 Å². The highest BCUT2D eigenvalue weighted by Crippen LogP contribution is 2.20. The molecule has 0 radical (unpaired) electrons. The van der Waals surface area contributed by atoms with Gasteiger partial charge < -0.3 is 10.8 Å². The van der Waals surface area contributed by atoms with Gasteiger partial charge in [-0.05, 0) is 6.42 Å². The van der Waals surface area contributed by atoms with Crippen LogP contribution in [0.5, 0.6) is 0 Å². The van der Waals surface area contributed by atoms with E-state index in [1.807, 2.05) is 11.9 Å². The Labute approximate surface area is 92.9 Å². The molecule has 1 aromatic heterocycles. The van der Waals surface area contributed by atoms with E-state index in [1.165, 1.54) is 6.33 Å². The Kier molecular flexibility index (Phi) is 2.64. The van der Waals surface area contributed by atoms with Crippen molar-refractivity contribution in [2.45, 2.75) is 18.5 Å². The van der Waals surface area contributed by atoms with E-state index < -0.39 is 11.5 Å². The fourth-order valence-corrected chi connectivity index (χ4v) is 1.89. The molecule has 1 aliphatic heterocycles. The molecule has 0 spiro atoms. The smallest absolute Gasteiger partial charge is 0.325 e. The van der Waals surface area contributed by atoms with Gasteiger partial charge in [-0.25, -0.2) is 4.98 Å². The van der Waals surface area contributed by atoms with Crippen molar-refractivity contribution in [3.8, 4) is 0 Å². The minimum absolute atomic E-state index is 0.356. The molecule has 2 rings (SSSR count). The van der Waals surface area contributed by atoms with Crippen molar-refractivity contribution in [2.75, 3.05) is 13.1 Å². The second-order valence-electron chi connectivity index (χ2n) is 4.22. The van der Waals surface area contributed by atoms with Crippen LogP contribution in [0.1, 0.15) is 12.2 Å². The number of carboxylic acid groups (broad SMARTS) is 1. The number of likely N-dealkylation sites (tertiary alicyclic amines) is 1. The summed E-state index contributed by atoms with van der Waals surface area (Å²) in [6, 6.07) is 0. The quantitative estimate of drug-likeness (QED) is 0.671. The van der Waals surface area contributed by atoms with Gasteiger partial charge in [-0.15, -0.1) is 0 Å². The summed E-state index contributed by atoms with van der Waals surface area (Å²) in [7, 11) is 1.81. The predicted molar refractivity (Wildman–Crippen MR) is 55.5 cm³/mol. The molecule has 1 aromatic rings. The monoisotopic (exact) mass is 225 g/mol. The predicted octanol–water partition coefficient (Wildman–Crippen LogP) is -1.20. The molecule has 88 valence electrons. The maximum absolute atomic E-state index is 11.0. The number of hydrogen-bond donors (Lipinski definition) is 2. The SMILES string of the molecule is Cn1ncnc1CN1CCC(N)(C(=O)O)C1. The fourth-order valence-electron chi connectivity index (χ4n) is 1.89. The lowest BCUT2D eigenvalue weighted by atomic mass is 10.0. The van der Waals surface area contributed by atoms with Crippen molar-refractivity contribution in [2.24, 2.45) is 12.8 Å². The molecule has 0 amide bonds. The first-order valence-electron chi connectivity index (χ1n) is 5.09. The van der Waals surface area contributed by atoms with Gasteiger partial charge in [-0.1, -0.05) is 0 Å². The average Bonchev–Trinajstić information content (AvgIpc) is 2.77. The van der Waals surface area contributed by atoms with E-state index in [1.54, 1.807) is 4.68 Å². The Morgan fingerprint density at radius 1 is 1.75 bits per heavy atom. The molecule has 1 saturated heterocycles. The Morgan fingerprint density at radius 2 is 2.50 bits per heavy atom. The lowest BCUT2D eigenvalue weighted by molar-refractivity contribution is -0.142. The van der Waals surface area contributed by atoms with Crippen molar-refractivity contribution >= 4 is 5.97 Å². The van der Waals surface area contributed by atoms with Crippen LogP contribution in [0.25, 0.3) is 0 Å². The number of aromatic nitrogens is 3. The van der Waals surface area contributed by atoms with Crippen molar-refractivity contribution in [1.29, 1.82) is 0 Å². The van der Waals surface area contributed by atoms with Gasteiger partial charge in [0.1, 0.15) is 17.7 Å². The van der Waals surface area contributed by atoms with Gasteiger partial charge in [0.15, 0.2) is 0 Å². The third-order valence-electron chi connectivity index (χ3n) is 2.98. The first-order chi connectivity index (χ1) is 7.51. The maximum atomic E-state index is 11.0. The third kappa shape index (κ3) is 1.91. The van der Waals surface area contributed by atoms with Crippen LogP contribution in [0.2, 0.25) is 0 Å². The highest BCUT2D eigenvalue weighted by atomic mass is 16.4. The van der Waals surface area contributed by atoms with Gasteiger partial charge in [0.05, 0.1) is 6.54 Å². The van der Waals surface area contributed by atoms with E-state index in [4.69, 9.17) is 10.8 Å². The molecule has 0 aliphatic carbocycles. The van der Waals surface area contributed by atoms with Crippen molar-refractivity contribution in [3.05, 3.63) is 12.2 Å². The second kappa shape index (κ2) is 3.84. The van der Waals surface area contributed by atoms with Crippen LogP contribution in [0, 0.1) is 0 Å². The molecule has 2 heterocycles. The highest BCUT2D eigenvalue weighted by molar-refractivity contribution is 5.79. The minimum atomic E-state index is -1.11. The van der Waals surface area contributed by atoms with E-state index >= 15 is 0 Å². The molecule has 7 nitrogen and oxygen atoms in total. The zero-order chi connectivity index (χ0) is 11.8. The number of carbonyl (C=O) groups is 1. The molecular formula is C9H15N5O2. The summed E-state index contributed by atoms with van der Waals surface area (Å²) in [6.45, 7) is 1.62. The van der Waals surface area contributed by atoms with Crippen LogP contribution in [0.15, 0.2) is 6.33 Å². The second-order valence-corrected chi connectivity index (χ2v) is 4.22. The van der Waals surface area contributed by atoms with Gasteiger partial charge >= 0.3 is 5.97 Å². The Bertz CT molecular complexity index is 404. The summed E-state index contributed by atoms with van der Waals surface area (Å²) < 4.78 is 1.68. The molecule has 0 saturated carbocycles. The van der Waals surface area contributed by atoms with Gasteiger partial charge in [-0.2, -0.15) is 5.10 Å². The van der Waals surface area contributed by atoms with Gasteiger partial charge in [0.2, 0.25) is 0 Å². The summed E-state index contributed by atoms with van der Waals surface area (Å²) in [4.78, 5) is 17.0. The topological polar surface area (TPSA) is 97.3 Å². The van der Waals surface area contributed by atoms with E-state index in [-0.39, 0.29) is 0 Å². The van der Waals surface area contributed by atoms with Crippen LogP contribution < -0.4 is 5.73 Å². The molecule has 1 atom stereocenters. The highest BCUT2D eigenvalue weighted by Gasteiger charge is 2.41. The molecular weight excluding hydrogens is 210 g/mol. The summed E-state index contributed by atoms with van der Waals surface area (Å²) in [5, 5.41) is 12.9. The number of aryl methyl sites for hydroxylation is 1. The normalized spacial score (nSPS) is 26.1. The molecule has 7 heteroatoms. The van der Waals surface area contributed by atoms with E-state index in [0.717, 1.165) is 5.82 Å². The minimum Gasteiger partial charge on any atom is -0.480 e. The van der Waals surface area contributed by atoms with Gasteiger partial charge in [0.25, 0.3) is 0 Å². The lowest BCUT2D eigenvalue weighted by Gasteiger charge is -2.19. The van der Waals surface area contributed by atoms with Crippen molar-refractivity contribution < 1.29 is 9.90 Å². The van der Waals surface area contributed by atoms with Gasteiger partial charge in [0, 0.05) is 20.1 Å². The van der Waals surface area contributed by atoms with E-state index in [2.05, 4.69) is 10.1 Å². The molecule has 1 aliphatic rings. The molecule has 3 N–H and O–H groups in total. The van der Waals surface area contributed by atoms with Crippen molar-refractivity contribution in [1.82, 2.24) is 19.7 Å². The van der Waals surface area contributed by atoms with Crippen molar-refractivity contribution in [3.63, 3.8) is 0 Å². The number of hydrogen-bond acceptors (Lipinski definition) is 5. The van der Waals surface area contributed by atoms with Gasteiger partial charge in [-0.3, -0.25) is 14.4 Å². The average molecular weight is 225 g/mol. The summed E-state index contributed by atoms with van der Waals surface area (Å²) in [6.07, 6.45) is 1.96. The summed E-state index contributed by atoms with van der Waals surface area (Å²) in [5.41, 5.74) is 4.66. The molecule has 0 aromatic carbocycles. The number of nitrogens with two attached hydrogens (primary N) is 1. The largest absolute Gasteiger partial charge is 0.480 e. The summed E-state index contributed by atoms with van der Waals surface area (Å²) >= 11 is 0. The van der Waals surface area contributed by atoms with Crippen LogP contribution in [0.3, 0.4) is 0 Å². The standard InChI is InChI=1S/C9H15N5O2/c1-13-7(11-6-12-13)4-14-3-2-9(10,5-14)8(15)16/h6H,2-5,10H2,1H3,(H,15,16). The molecule has 16 heavy (non-hydrogen) atoms. The van der Waals surface area contributed by atoms with Crippen LogP contribution in [-0.4, -0.2) is 49.4 Å². The van der Waals surface area contributed by atoms with Crippen LogP contribution in [0.4, 0.5) is 0 Å².